The van der Waals surface area contributed by atoms with Gasteiger partial charge in [0, 0.05) is 19.6 Å². The Morgan fingerprint density at radius 1 is 1.13 bits per heavy atom. The summed E-state index contributed by atoms with van der Waals surface area (Å²) in [7, 11) is 0. The summed E-state index contributed by atoms with van der Waals surface area (Å²) in [5.74, 6) is -0.510. The highest BCUT2D eigenvalue weighted by molar-refractivity contribution is 7.12. The van der Waals surface area contributed by atoms with Crippen molar-refractivity contribution < 1.29 is 14.0 Å². The number of urea groups is 1. The number of aryl methyl sites for hydroxylation is 1. The smallest absolute Gasteiger partial charge is 0.320 e. The molecule has 1 fully saturated rings. The molecule has 2 heterocycles. The number of nitrogens with one attached hydrogen (secondary N) is 1. The van der Waals surface area contributed by atoms with Gasteiger partial charge < -0.3 is 10.2 Å². The number of benzene rings is 2. The SMILES string of the molecule is Cc1ccc(N2CCCN(Cc3cccc(F)c3)C2=O)c(NC(=O)c2cccs2)c1. The predicted molar refractivity (Wildman–Crippen MR) is 118 cm³/mol. The molecule has 5 nitrogen and oxygen atoms in total. The summed E-state index contributed by atoms with van der Waals surface area (Å²) in [6, 6.07) is 15.4. The maximum absolute atomic E-state index is 13.5. The number of thiophene rings is 1. The van der Waals surface area contributed by atoms with Gasteiger partial charge in [-0.1, -0.05) is 24.3 Å². The maximum atomic E-state index is 13.5. The Bertz CT molecular complexity index is 1070. The molecule has 3 amide bonds. The molecule has 0 aliphatic carbocycles. The van der Waals surface area contributed by atoms with Crippen LogP contribution in [0.4, 0.5) is 20.6 Å². The molecule has 1 saturated heterocycles. The van der Waals surface area contributed by atoms with Gasteiger partial charge in [-0.25, -0.2) is 9.18 Å². The zero-order valence-electron chi connectivity index (χ0n) is 16.6. The van der Waals surface area contributed by atoms with Crippen LogP contribution in [0.5, 0.6) is 0 Å². The molecule has 1 N–H and O–H groups in total. The van der Waals surface area contributed by atoms with Crippen LogP contribution in [-0.4, -0.2) is 29.9 Å². The van der Waals surface area contributed by atoms with Crippen LogP contribution in [0.2, 0.25) is 0 Å². The number of amides is 3. The third-order valence-electron chi connectivity index (χ3n) is 5.01. The molecule has 1 aliphatic rings. The van der Waals surface area contributed by atoms with Crippen molar-refractivity contribution in [3.05, 3.63) is 81.8 Å². The van der Waals surface area contributed by atoms with Gasteiger partial charge in [-0.05, 0) is 60.2 Å². The number of hydrogen-bond donors (Lipinski definition) is 1. The largest absolute Gasteiger partial charge is 0.324 e. The highest BCUT2D eigenvalue weighted by Crippen LogP contribution is 2.31. The second-order valence-corrected chi connectivity index (χ2v) is 8.24. The molecular formula is C23H22FN3O2S. The molecular weight excluding hydrogens is 401 g/mol. The molecule has 3 aromatic rings. The highest BCUT2D eigenvalue weighted by Gasteiger charge is 2.29. The summed E-state index contributed by atoms with van der Waals surface area (Å²) in [6.07, 6.45) is 0.785. The molecule has 30 heavy (non-hydrogen) atoms. The van der Waals surface area contributed by atoms with E-state index in [1.54, 1.807) is 21.9 Å². The Balaban J connectivity index is 1.58. The second-order valence-electron chi connectivity index (χ2n) is 7.29. The summed E-state index contributed by atoms with van der Waals surface area (Å²) in [6.45, 7) is 3.45. The van der Waals surface area contributed by atoms with E-state index in [0.717, 1.165) is 17.5 Å². The quantitative estimate of drug-likeness (QED) is 0.607. The second kappa shape index (κ2) is 8.67. The molecule has 0 spiro atoms. The van der Waals surface area contributed by atoms with Gasteiger partial charge in [0.25, 0.3) is 5.91 Å². The zero-order chi connectivity index (χ0) is 21.1. The molecule has 0 atom stereocenters. The van der Waals surface area contributed by atoms with Crippen molar-refractivity contribution in [2.75, 3.05) is 23.3 Å². The number of nitrogens with zero attached hydrogens (tertiary/aromatic N) is 2. The average molecular weight is 424 g/mol. The summed E-state index contributed by atoms with van der Waals surface area (Å²) in [5, 5.41) is 4.80. The van der Waals surface area contributed by atoms with Crippen LogP contribution in [0.25, 0.3) is 0 Å². The maximum Gasteiger partial charge on any atom is 0.324 e. The number of hydrogen-bond acceptors (Lipinski definition) is 3. The average Bonchev–Trinajstić information content (AvgIpc) is 3.25. The van der Waals surface area contributed by atoms with E-state index >= 15 is 0 Å². The molecule has 1 aliphatic heterocycles. The van der Waals surface area contributed by atoms with E-state index in [1.165, 1.54) is 23.5 Å². The van der Waals surface area contributed by atoms with Crippen LogP contribution in [0.15, 0.2) is 60.0 Å². The minimum Gasteiger partial charge on any atom is -0.320 e. The molecule has 154 valence electrons. The van der Waals surface area contributed by atoms with Gasteiger partial charge in [0.2, 0.25) is 0 Å². The molecule has 0 unspecified atom stereocenters. The molecule has 0 saturated carbocycles. The molecule has 7 heteroatoms. The van der Waals surface area contributed by atoms with Gasteiger partial charge >= 0.3 is 6.03 Å². The number of rotatable bonds is 5. The Kier molecular flexibility index (Phi) is 5.81. The first-order valence-corrected chi connectivity index (χ1v) is 10.7. The number of anilines is 2. The minimum absolute atomic E-state index is 0.152. The van der Waals surface area contributed by atoms with Gasteiger partial charge in [-0.2, -0.15) is 0 Å². The Hall–Kier alpha value is -3.19. The fourth-order valence-corrected chi connectivity index (χ4v) is 4.20. The highest BCUT2D eigenvalue weighted by atomic mass is 32.1. The third-order valence-corrected chi connectivity index (χ3v) is 5.88. The summed E-state index contributed by atoms with van der Waals surface area (Å²) < 4.78 is 13.5. The van der Waals surface area contributed by atoms with E-state index in [0.29, 0.717) is 35.9 Å². The number of carbonyl (C=O) groups is 2. The standard InChI is InChI=1S/C23H22FN3O2S/c1-16-8-9-20(19(13-16)25-22(28)21-7-3-12-30-21)27-11-4-10-26(23(27)29)15-17-5-2-6-18(24)14-17/h2-3,5-9,12-14H,4,10-11,15H2,1H3,(H,25,28). The Morgan fingerprint density at radius 3 is 2.77 bits per heavy atom. The van der Waals surface area contributed by atoms with E-state index in [9.17, 15) is 14.0 Å². The first kappa shape index (κ1) is 20.1. The lowest BCUT2D eigenvalue weighted by Crippen LogP contribution is -2.49. The monoisotopic (exact) mass is 423 g/mol. The van der Waals surface area contributed by atoms with Crippen molar-refractivity contribution in [1.29, 1.82) is 0 Å². The minimum atomic E-state index is -0.314. The molecule has 0 radical (unpaired) electrons. The van der Waals surface area contributed by atoms with E-state index in [2.05, 4.69) is 5.32 Å². The van der Waals surface area contributed by atoms with Gasteiger partial charge in [0.05, 0.1) is 16.3 Å². The fraction of sp³-hybridized carbons (Fsp3) is 0.217. The first-order valence-electron chi connectivity index (χ1n) is 9.77. The van der Waals surface area contributed by atoms with Gasteiger partial charge in [-0.15, -0.1) is 11.3 Å². The molecule has 4 rings (SSSR count). The van der Waals surface area contributed by atoms with Crippen molar-refractivity contribution in [2.45, 2.75) is 19.9 Å². The number of carbonyl (C=O) groups excluding carboxylic acids is 2. The fourth-order valence-electron chi connectivity index (χ4n) is 3.58. The van der Waals surface area contributed by atoms with Crippen LogP contribution in [0, 0.1) is 12.7 Å². The van der Waals surface area contributed by atoms with Crippen molar-refractivity contribution >= 4 is 34.6 Å². The van der Waals surface area contributed by atoms with Crippen LogP contribution < -0.4 is 10.2 Å². The van der Waals surface area contributed by atoms with Crippen LogP contribution in [-0.2, 0) is 6.54 Å². The predicted octanol–water partition coefficient (Wildman–Crippen LogP) is 5.28. The van der Waals surface area contributed by atoms with E-state index in [1.807, 2.05) is 42.6 Å². The van der Waals surface area contributed by atoms with Crippen molar-refractivity contribution in [3.8, 4) is 0 Å². The van der Waals surface area contributed by atoms with Gasteiger partial charge in [-0.3, -0.25) is 9.69 Å². The van der Waals surface area contributed by atoms with Crippen molar-refractivity contribution in [2.24, 2.45) is 0 Å². The van der Waals surface area contributed by atoms with Crippen LogP contribution >= 0.6 is 11.3 Å². The Labute approximate surface area is 178 Å². The lowest BCUT2D eigenvalue weighted by atomic mass is 10.1. The van der Waals surface area contributed by atoms with Crippen molar-refractivity contribution in [1.82, 2.24) is 4.90 Å². The topological polar surface area (TPSA) is 52.6 Å². The van der Waals surface area contributed by atoms with E-state index in [4.69, 9.17) is 0 Å². The number of halogens is 1. The first-order chi connectivity index (χ1) is 14.5. The molecule has 1 aromatic heterocycles. The third kappa shape index (κ3) is 4.36. The van der Waals surface area contributed by atoms with Gasteiger partial charge in [0.1, 0.15) is 5.82 Å². The van der Waals surface area contributed by atoms with Crippen molar-refractivity contribution in [3.63, 3.8) is 0 Å². The molecule has 0 bridgehead atoms. The lowest BCUT2D eigenvalue weighted by Gasteiger charge is -2.36. The normalized spacial score (nSPS) is 14.1. The lowest BCUT2D eigenvalue weighted by molar-refractivity contribution is 0.103. The summed E-state index contributed by atoms with van der Waals surface area (Å²) >= 11 is 1.37. The van der Waals surface area contributed by atoms with E-state index < -0.39 is 0 Å². The van der Waals surface area contributed by atoms with Crippen LogP contribution in [0.1, 0.15) is 27.2 Å². The molecule has 2 aromatic carbocycles. The summed E-state index contributed by atoms with van der Waals surface area (Å²) in [4.78, 5) is 29.8. The summed E-state index contributed by atoms with van der Waals surface area (Å²) in [5.41, 5.74) is 3.01. The zero-order valence-corrected chi connectivity index (χ0v) is 17.4. The Morgan fingerprint density at radius 2 is 2.00 bits per heavy atom. The van der Waals surface area contributed by atoms with Gasteiger partial charge in [0.15, 0.2) is 0 Å². The van der Waals surface area contributed by atoms with Crippen LogP contribution in [0.3, 0.4) is 0 Å². The van der Waals surface area contributed by atoms with E-state index in [-0.39, 0.29) is 17.8 Å².